The lowest BCUT2D eigenvalue weighted by Gasteiger charge is -2.03. The molecule has 0 aliphatic rings. The molecule has 0 aliphatic heterocycles. The van der Waals surface area contributed by atoms with Gasteiger partial charge in [-0.15, -0.1) is 22.6 Å². The minimum atomic E-state index is -3.67. The lowest BCUT2D eigenvalue weighted by Crippen LogP contribution is -1.98. The second-order valence-electron chi connectivity index (χ2n) is 3.22. The van der Waals surface area contributed by atoms with Gasteiger partial charge in [0.2, 0.25) is 0 Å². The van der Waals surface area contributed by atoms with E-state index in [9.17, 15) is 8.42 Å². The molecule has 0 N–H and O–H groups in total. The van der Waals surface area contributed by atoms with Crippen LogP contribution in [0.5, 0.6) is 0 Å². The van der Waals surface area contributed by atoms with Gasteiger partial charge < -0.3 is 4.57 Å². The van der Waals surface area contributed by atoms with Gasteiger partial charge in [-0.1, -0.05) is 12.1 Å². The van der Waals surface area contributed by atoms with Crippen molar-refractivity contribution in [3.63, 3.8) is 0 Å². The topological polar surface area (TPSA) is 64.8 Å². The highest BCUT2D eigenvalue weighted by molar-refractivity contribution is 8.13. The molecule has 5 nitrogen and oxygen atoms in total. The number of hydrogen-bond donors (Lipinski definition) is 0. The second-order valence-corrected chi connectivity index (χ2v) is 5.79. The molecule has 0 atom stereocenters. The molecule has 0 saturated carbocycles. The number of nitrogens with zero attached hydrogens (tertiary/aromatic N) is 3. The van der Waals surface area contributed by atoms with E-state index in [1.165, 1.54) is 12.1 Å². The van der Waals surface area contributed by atoms with Crippen LogP contribution >= 0.6 is 23.1 Å². The monoisotopic (exact) mass is 293 g/mol. The van der Waals surface area contributed by atoms with Gasteiger partial charge in [0.1, 0.15) is 12.7 Å². The summed E-state index contributed by atoms with van der Waals surface area (Å²) in [5.41, 5.74) is 0.821. The van der Waals surface area contributed by atoms with E-state index >= 15 is 0 Å². The van der Waals surface area contributed by atoms with Gasteiger partial charge in [-0.05, 0) is 17.7 Å². The van der Waals surface area contributed by atoms with Gasteiger partial charge in [-0.3, -0.25) is 0 Å². The average molecular weight is 294 g/mol. The maximum absolute atomic E-state index is 11.1. The molecule has 1 aromatic carbocycles. The van der Waals surface area contributed by atoms with E-state index in [1.807, 2.05) is 6.07 Å². The van der Waals surface area contributed by atoms with Crippen LogP contribution in [0.4, 0.5) is 0 Å². The van der Waals surface area contributed by atoms with Crippen LogP contribution < -0.4 is 0 Å². The number of benzene rings is 1. The largest absolute Gasteiger partial charge is 0.316 e. The van der Waals surface area contributed by atoms with Crippen molar-refractivity contribution in [2.45, 2.75) is 11.4 Å². The van der Waals surface area contributed by atoms with Gasteiger partial charge in [-0.25, -0.2) is 8.42 Å². The molecule has 0 radical (unpaired) electrons. The maximum atomic E-state index is 11.1. The van der Waals surface area contributed by atoms with Crippen molar-refractivity contribution in [3.8, 4) is 0 Å². The molecule has 0 spiro atoms. The average Bonchev–Trinajstić information content (AvgIpc) is 2.70. The number of hydrogen-bond acceptors (Lipinski definition) is 4. The van der Waals surface area contributed by atoms with E-state index in [2.05, 4.69) is 10.2 Å². The van der Waals surface area contributed by atoms with Gasteiger partial charge in [0.15, 0.2) is 0 Å². The van der Waals surface area contributed by atoms with Gasteiger partial charge >= 0.3 is 0 Å². The highest BCUT2D eigenvalue weighted by Gasteiger charge is 2.09. The summed E-state index contributed by atoms with van der Waals surface area (Å²) in [5, 5.41) is 7.32. The van der Waals surface area contributed by atoms with Crippen LogP contribution in [0.1, 0.15) is 5.56 Å². The Balaban J connectivity index is 0.00000144. The second kappa shape index (κ2) is 5.48. The summed E-state index contributed by atoms with van der Waals surface area (Å²) in [6, 6.07) is 6.45. The van der Waals surface area contributed by atoms with Crippen LogP contribution in [0.15, 0.2) is 41.8 Å². The van der Waals surface area contributed by atoms with Crippen molar-refractivity contribution < 1.29 is 8.42 Å². The van der Waals surface area contributed by atoms with Crippen molar-refractivity contribution in [2.24, 2.45) is 0 Å². The Morgan fingerprint density at radius 2 is 1.88 bits per heavy atom. The fraction of sp³-hybridized carbons (Fsp3) is 0.111. The molecule has 0 bridgehead atoms. The molecule has 0 fully saturated rings. The van der Waals surface area contributed by atoms with Gasteiger partial charge in [0.25, 0.3) is 9.05 Å². The third kappa shape index (κ3) is 3.69. The number of rotatable bonds is 3. The van der Waals surface area contributed by atoms with Crippen molar-refractivity contribution >= 4 is 32.1 Å². The fourth-order valence-electron chi connectivity index (χ4n) is 1.31. The van der Waals surface area contributed by atoms with E-state index in [-0.39, 0.29) is 17.3 Å². The van der Waals surface area contributed by atoms with Gasteiger partial charge in [0, 0.05) is 10.7 Å². The summed E-state index contributed by atoms with van der Waals surface area (Å²) in [4.78, 5) is 0.0970. The predicted octanol–water partition coefficient (Wildman–Crippen LogP) is 1.68. The molecule has 0 saturated heterocycles. The summed E-state index contributed by atoms with van der Waals surface area (Å²) >= 11 is 0. The van der Waals surface area contributed by atoms with E-state index in [0.717, 1.165) is 5.56 Å². The molecule has 92 valence electrons. The lowest BCUT2D eigenvalue weighted by atomic mass is 10.2. The van der Waals surface area contributed by atoms with E-state index in [1.54, 1.807) is 23.3 Å². The minimum absolute atomic E-state index is 0. The molecular weight excluding hydrogens is 285 g/mol. The highest BCUT2D eigenvalue weighted by atomic mass is 35.7. The Labute approximate surface area is 109 Å². The van der Waals surface area contributed by atoms with E-state index < -0.39 is 9.05 Å². The normalized spacial score (nSPS) is 10.9. The molecule has 1 heterocycles. The zero-order valence-electron chi connectivity index (χ0n) is 8.52. The first-order valence-corrected chi connectivity index (χ1v) is 6.73. The van der Waals surface area contributed by atoms with E-state index in [0.29, 0.717) is 6.54 Å². The summed E-state index contributed by atoms with van der Waals surface area (Å²) in [5.74, 6) is 0. The molecule has 0 amide bonds. The Morgan fingerprint density at radius 1 is 1.24 bits per heavy atom. The van der Waals surface area contributed by atoms with Crippen molar-refractivity contribution in [2.75, 3.05) is 0 Å². The molecule has 1 aromatic heterocycles. The smallest absolute Gasteiger partial charge is 0.261 e. The third-order valence-corrected chi connectivity index (χ3v) is 3.36. The van der Waals surface area contributed by atoms with Crippen LogP contribution in [0, 0.1) is 0 Å². The minimum Gasteiger partial charge on any atom is -0.316 e. The van der Waals surface area contributed by atoms with Crippen LogP contribution in [0.2, 0.25) is 0 Å². The Hall–Kier alpha value is -1.11. The summed E-state index contributed by atoms with van der Waals surface area (Å²) < 4.78 is 24.0. The fourth-order valence-corrected chi connectivity index (χ4v) is 2.13. The first-order chi connectivity index (χ1) is 7.55. The molecule has 17 heavy (non-hydrogen) atoms. The number of aromatic nitrogens is 3. The van der Waals surface area contributed by atoms with Crippen LogP contribution in [0.3, 0.4) is 0 Å². The standard InChI is InChI=1S/C9H8ClN3O2S.ClH/c10-16(14,15)9-3-1-2-8(4-9)5-13-6-11-12-7-13;/h1-4,6-7H,5H2;1H. The molecule has 0 aliphatic carbocycles. The van der Waals surface area contributed by atoms with E-state index in [4.69, 9.17) is 10.7 Å². The first-order valence-electron chi connectivity index (χ1n) is 4.42. The highest BCUT2D eigenvalue weighted by Crippen LogP contribution is 2.16. The van der Waals surface area contributed by atoms with Gasteiger partial charge in [-0.2, -0.15) is 0 Å². The molecule has 2 aromatic rings. The Bertz CT molecular complexity index is 584. The molecule has 2 rings (SSSR count). The van der Waals surface area contributed by atoms with Crippen molar-refractivity contribution in [3.05, 3.63) is 42.5 Å². The Kier molecular flexibility index (Phi) is 4.50. The molecular formula is C9H9Cl2N3O2S. The SMILES string of the molecule is Cl.O=S(=O)(Cl)c1cccc(Cn2cnnc2)c1. The predicted molar refractivity (Wildman–Crippen MR) is 65.9 cm³/mol. The summed E-state index contributed by atoms with van der Waals surface area (Å²) in [7, 11) is 1.58. The maximum Gasteiger partial charge on any atom is 0.261 e. The summed E-state index contributed by atoms with van der Waals surface area (Å²) in [6.45, 7) is 0.507. The zero-order chi connectivity index (χ0) is 11.6. The molecule has 8 heteroatoms. The zero-order valence-corrected chi connectivity index (χ0v) is 10.9. The van der Waals surface area contributed by atoms with Crippen LogP contribution in [0.25, 0.3) is 0 Å². The van der Waals surface area contributed by atoms with Gasteiger partial charge in [0.05, 0.1) is 11.4 Å². The van der Waals surface area contributed by atoms with Crippen LogP contribution in [-0.4, -0.2) is 23.2 Å². The Morgan fingerprint density at radius 3 is 2.47 bits per heavy atom. The number of halogens is 2. The van der Waals surface area contributed by atoms with Crippen molar-refractivity contribution in [1.82, 2.24) is 14.8 Å². The summed E-state index contributed by atoms with van der Waals surface area (Å²) in [6.07, 6.45) is 3.11. The van der Waals surface area contributed by atoms with Crippen molar-refractivity contribution in [1.29, 1.82) is 0 Å². The quantitative estimate of drug-likeness (QED) is 0.808. The third-order valence-electron chi connectivity index (χ3n) is 2.01. The molecule has 0 unspecified atom stereocenters. The van der Waals surface area contributed by atoms with Crippen LogP contribution in [-0.2, 0) is 15.6 Å². The lowest BCUT2D eigenvalue weighted by molar-refractivity contribution is 0.609. The first kappa shape index (κ1) is 14.0.